The Morgan fingerprint density at radius 2 is 2.20 bits per heavy atom. The van der Waals surface area contributed by atoms with E-state index in [0.717, 1.165) is 11.1 Å². The summed E-state index contributed by atoms with van der Waals surface area (Å²) in [6.07, 6.45) is 2.36. The molecule has 0 saturated heterocycles. The van der Waals surface area contributed by atoms with E-state index in [1.165, 1.54) is 0 Å². The number of benzene rings is 1. The molecule has 1 heteroatoms. The third-order valence-corrected chi connectivity index (χ3v) is 1.73. The summed E-state index contributed by atoms with van der Waals surface area (Å²) in [5.41, 5.74) is 2.02. The Morgan fingerprint density at radius 3 is 3.00 bits per heavy atom. The van der Waals surface area contributed by atoms with E-state index in [4.69, 9.17) is 0 Å². The second-order valence-electron chi connectivity index (χ2n) is 2.47. The molecule has 0 aromatic heterocycles. The zero-order valence-electron chi connectivity index (χ0n) is 5.47. The van der Waals surface area contributed by atoms with Gasteiger partial charge in [0.15, 0.2) is 0 Å². The molecular formula is C9H7F. The van der Waals surface area contributed by atoms with Crippen LogP contribution in [0.15, 0.2) is 24.3 Å². The molecule has 2 rings (SSSR count). The largest absolute Gasteiger partial charge is 0.246 e. The fourth-order valence-electron chi connectivity index (χ4n) is 1.25. The average molecular weight is 134 g/mol. The molecule has 0 fully saturated rings. The monoisotopic (exact) mass is 134 g/mol. The van der Waals surface area contributed by atoms with Gasteiger partial charge in [0, 0.05) is 6.42 Å². The second kappa shape index (κ2) is 2.08. The number of halogens is 1. The Morgan fingerprint density at radius 1 is 1.40 bits per heavy atom. The van der Waals surface area contributed by atoms with Crippen molar-refractivity contribution in [2.24, 2.45) is 0 Å². The van der Waals surface area contributed by atoms with Crippen molar-refractivity contribution in [3.05, 3.63) is 41.8 Å². The zero-order chi connectivity index (χ0) is 6.97. The second-order valence-corrected chi connectivity index (χ2v) is 2.47. The lowest BCUT2D eigenvalue weighted by molar-refractivity contribution is 0.394. The van der Waals surface area contributed by atoms with Gasteiger partial charge in [-0.3, -0.25) is 0 Å². The van der Waals surface area contributed by atoms with E-state index >= 15 is 0 Å². The lowest BCUT2D eigenvalue weighted by atomic mass is 10.1. The van der Waals surface area contributed by atoms with Gasteiger partial charge in [-0.1, -0.05) is 24.3 Å². The van der Waals surface area contributed by atoms with E-state index in [9.17, 15) is 4.39 Å². The summed E-state index contributed by atoms with van der Waals surface area (Å²) in [4.78, 5) is 0. The van der Waals surface area contributed by atoms with Crippen LogP contribution in [-0.4, -0.2) is 6.17 Å². The van der Waals surface area contributed by atoms with Gasteiger partial charge in [0.25, 0.3) is 0 Å². The van der Waals surface area contributed by atoms with Gasteiger partial charge in [-0.05, 0) is 11.1 Å². The van der Waals surface area contributed by atoms with Gasteiger partial charge in [0.1, 0.15) is 6.17 Å². The lowest BCUT2D eigenvalue weighted by Gasteiger charge is -1.92. The van der Waals surface area contributed by atoms with Gasteiger partial charge in [-0.15, -0.1) is 0 Å². The van der Waals surface area contributed by atoms with Crippen molar-refractivity contribution >= 4 is 0 Å². The molecule has 1 aliphatic rings. The molecule has 0 bridgehead atoms. The molecule has 10 heavy (non-hydrogen) atoms. The molecule has 0 saturated carbocycles. The standard InChI is InChI=1S/C9H7F/c10-9-5-7-3-1-2-4-8(7)6-9/h1-4,9H,5H2. The van der Waals surface area contributed by atoms with Crippen LogP contribution in [0.4, 0.5) is 4.39 Å². The minimum absolute atomic E-state index is 0.510. The summed E-state index contributed by atoms with van der Waals surface area (Å²) in [5.74, 6) is 0. The molecule has 0 amide bonds. The van der Waals surface area contributed by atoms with Crippen LogP contribution >= 0.6 is 0 Å². The molecule has 50 valence electrons. The fraction of sp³-hybridized carbons (Fsp3) is 0.222. The van der Waals surface area contributed by atoms with Crippen LogP contribution < -0.4 is 0 Å². The maximum absolute atomic E-state index is 12.6. The highest BCUT2D eigenvalue weighted by molar-refractivity contribution is 5.39. The molecule has 0 heterocycles. The van der Waals surface area contributed by atoms with E-state index in [0.29, 0.717) is 6.42 Å². The summed E-state index contributed by atoms with van der Waals surface area (Å²) in [7, 11) is 0. The van der Waals surface area contributed by atoms with Crippen molar-refractivity contribution in [1.82, 2.24) is 0 Å². The van der Waals surface area contributed by atoms with Crippen LogP contribution in [0, 0.1) is 6.42 Å². The van der Waals surface area contributed by atoms with Crippen molar-refractivity contribution in [3.8, 4) is 0 Å². The highest BCUT2D eigenvalue weighted by Gasteiger charge is 2.20. The van der Waals surface area contributed by atoms with Crippen molar-refractivity contribution in [2.45, 2.75) is 12.6 Å². The molecule has 2 radical (unpaired) electrons. The summed E-state index contributed by atoms with van der Waals surface area (Å²) in [6, 6.07) is 7.68. The Hall–Kier alpha value is -0.850. The van der Waals surface area contributed by atoms with Crippen LogP contribution in [0.25, 0.3) is 0 Å². The van der Waals surface area contributed by atoms with Crippen LogP contribution in [-0.2, 0) is 6.42 Å². The number of hydrogen-bond donors (Lipinski definition) is 0. The van der Waals surface area contributed by atoms with E-state index < -0.39 is 6.17 Å². The Kier molecular flexibility index (Phi) is 1.23. The first-order chi connectivity index (χ1) is 4.86. The van der Waals surface area contributed by atoms with Crippen LogP contribution in [0.5, 0.6) is 0 Å². The normalized spacial score (nSPS) is 17.3. The third-order valence-electron chi connectivity index (χ3n) is 1.73. The number of fused-ring (bicyclic) bond motifs is 1. The molecule has 1 aromatic carbocycles. The molecule has 1 aromatic rings. The summed E-state index contributed by atoms with van der Waals surface area (Å²) in [5, 5.41) is 0. The number of hydrogen-bond acceptors (Lipinski definition) is 0. The van der Waals surface area contributed by atoms with E-state index in [-0.39, 0.29) is 0 Å². The Labute approximate surface area is 59.7 Å². The molecular weight excluding hydrogens is 127 g/mol. The van der Waals surface area contributed by atoms with E-state index in [1.54, 1.807) is 0 Å². The topological polar surface area (TPSA) is 0 Å². The van der Waals surface area contributed by atoms with Gasteiger partial charge < -0.3 is 0 Å². The predicted molar refractivity (Wildman–Crippen MR) is 37.4 cm³/mol. The lowest BCUT2D eigenvalue weighted by Crippen LogP contribution is -1.93. The predicted octanol–water partition coefficient (Wildman–Crippen LogP) is 2.01. The molecule has 1 unspecified atom stereocenters. The highest BCUT2D eigenvalue weighted by Crippen LogP contribution is 2.24. The van der Waals surface area contributed by atoms with E-state index in [2.05, 4.69) is 6.42 Å². The fourth-order valence-corrected chi connectivity index (χ4v) is 1.25. The van der Waals surface area contributed by atoms with Crippen molar-refractivity contribution < 1.29 is 4.39 Å². The number of alkyl halides is 1. The van der Waals surface area contributed by atoms with Gasteiger partial charge in [-0.2, -0.15) is 0 Å². The first-order valence-electron chi connectivity index (χ1n) is 3.35. The van der Waals surface area contributed by atoms with Gasteiger partial charge in [0.05, 0.1) is 6.42 Å². The van der Waals surface area contributed by atoms with Gasteiger partial charge in [0.2, 0.25) is 0 Å². The first kappa shape index (κ1) is 5.90. The molecule has 0 N–H and O–H groups in total. The number of rotatable bonds is 0. The summed E-state index contributed by atoms with van der Waals surface area (Å²) >= 11 is 0. The maximum Gasteiger partial charge on any atom is 0.116 e. The molecule has 1 aliphatic carbocycles. The van der Waals surface area contributed by atoms with Crippen molar-refractivity contribution in [2.75, 3.05) is 0 Å². The Balaban J connectivity index is 2.42. The molecule has 0 aliphatic heterocycles. The van der Waals surface area contributed by atoms with Crippen molar-refractivity contribution in [1.29, 1.82) is 0 Å². The van der Waals surface area contributed by atoms with E-state index in [1.807, 2.05) is 24.3 Å². The molecule has 1 atom stereocenters. The third kappa shape index (κ3) is 0.821. The SMILES string of the molecule is FC1[C]c2ccccc2C1. The average Bonchev–Trinajstić information content (AvgIpc) is 2.27. The first-order valence-corrected chi connectivity index (χ1v) is 3.35. The van der Waals surface area contributed by atoms with Crippen LogP contribution in [0.2, 0.25) is 0 Å². The Bertz CT molecular complexity index is 217. The summed E-state index contributed by atoms with van der Waals surface area (Å²) in [6.45, 7) is 0. The van der Waals surface area contributed by atoms with Crippen LogP contribution in [0.3, 0.4) is 0 Å². The molecule has 0 spiro atoms. The minimum atomic E-state index is -0.877. The van der Waals surface area contributed by atoms with Crippen molar-refractivity contribution in [3.63, 3.8) is 0 Å². The van der Waals surface area contributed by atoms with Crippen LogP contribution in [0.1, 0.15) is 11.1 Å². The minimum Gasteiger partial charge on any atom is -0.246 e. The zero-order valence-corrected chi connectivity index (χ0v) is 5.47. The maximum atomic E-state index is 12.6. The summed E-state index contributed by atoms with van der Waals surface area (Å²) < 4.78 is 12.6. The van der Waals surface area contributed by atoms with Gasteiger partial charge in [-0.25, -0.2) is 4.39 Å². The smallest absolute Gasteiger partial charge is 0.116 e. The highest BCUT2D eigenvalue weighted by atomic mass is 19.1. The quantitative estimate of drug-likeness (QED) is 0.509. The van der Waals surface area contributed by atoms with Gasteiger partial charge >= 0.3 is 0 Å². The molecule has 0 nitrogen and oxygen atoms in total.